The fourth-order valence-corrected chi connectivity index (χ4v) is 5.23. The summed E-state index contributed by atoms with van der Waals surface area (Å²) in [4.78, 5) is 39.6. The van der Waals surface area contributed by atoms with Crippen LogP contribution in [0.1, 0.15) is 15.9 Å². The first kappa shape index (κ1) is 24.0. The number of carbonyl (C=O) groups is 1. The molecular formula is C23H19ClN4O6S. The van der Waals surface area contributed by atoms with Crippen LogP contribution in [0.25, 0.3) is 22.2 Å². The van der Waals surface area contributed by atoms with Crippen LogP contribution < -0.4 is 26.3 Å². The Morgan fingerprint density at radius 3 is 2.26 bits per heavy atom. The molecule has 0 bridgehead atoms. The van der Waals surface area contributed by atoms with Gasteiger partial charge in [0.1, 0.15) is 5.75 Å². The van der Waals surface area contributed by atoms with Crippen LogP contribution >= 0.6 is 11.6 Å². The van der Waals surface area contributed by atoms with E-state index >= 15 is 0 Å². The number of aromatic nitrogens is 2. The molecule has 0 saturated heterocycles. The first-order valence-corrected chi connectivity index (χ1v) is 11.9. The summed E-state index contributed by atoms with van der Waals surface area (Å²) in [5, 5.41) is 0.225. The zero-order valence-corrected chi connectivity index (χ0v) is 20.0. The molecule has 0 aliphatic heterocycles. The molecule has 0 saturated carbocycles. The zero-order chi connectivity index (χ0) is 25.5. The van der Waals surface area contributed by atoms with E-state index in [1.165, 1.54) is 37.4 Å². The quantitative estimate of drug-likeness (QED) is 0.289. The molecule has 35 heavy (non-hydrogen) atoms. The maximum atomic E-state index is 13.1. The van der Waals surface area contributed by atoms with Crippen molar-refractivity contribution in [1.82, 2.24) is 9.97 Å². The van der Waals surface area contributed by atoms with E-state index in [-0.39, 0.29) is 26.7 Å². The molecular weight excluding hydrogens is 496 g/mol. The molecule has 12 heteroatoms. The topological polar surface area (TPSA) is 164 Å². The molecule has 0 aliphatic rings. The van der Waals surface area contributed by atoms with Gasteiger partial charge in [-0.15, -0.1) is 0 Å². The van der Waals surface area contributed by atoms with E-state index in [9.17, 15) is 22.8 Å². The van der Waals surface area contributed by atoms with Crippen LogP contribution in [-0.4, -0.2) is 31.4 Å². The number of rotatable bonds is 6. The first-order valence-electron chi connectivity index (χ1n) is 10.1. The van der Waals surface area contributed by atoms with Crippen LogP contribution in [0.2, 0.25) is 5.02 Å². The number of ether oxygens (including phenoxy) is 1. The van der Waals surface area contributed by atoms with Gasteiger partial charge in [-0.25, -0.2) is 8.42 Å². The Labute approximate surface area is 203 Å². The van der Waals surface area contributed by atoms with Crippen LogP contribution in [-0.2, 0) is 10.0 Å². The van der Waals surface area contributed by atoms with Gasteiger partial charge in [0.2, 0.25) is 0 Å². The molecule has 10 nitrogen and oxygen atoms in total. The minimum atomic E-state index is -4.08. The van der Waals surface area contributed by atoms with Gasteiger partial charge in [-0.05, 0) is 54.4 Å². The summed E-state index contributed by atoms with van der Waals surface area (Å²) in [5.74, 6) is -0.349. The highest BCUT2D eigenvalue weighted by Crippen LogP contribution is 2.34. The average molecular weight is 515 g/mol. The molecule has 1 amide bonds. The number of aryl methyl sites for hydroxylation is 1. The normalized spacial score (nSPS) is 11.4. The van der Waals surface area contributed by atoms with E-state index in [2.05, 4.69) is 14.7 Å². The first-order chi connectivity index (χ1) is 16.5. The molecule has 0 spiro atoms. The number of primary amides is 1. The van der Waals surface area contributed by atoms with Gasteiger partial charge < -0.3 is 20.4 Å². The molecule has 0 unspecified atom stereocenters. The number of amides is 1. The summed E-state index contributed by atoms with van der Waals surface area (Å²) in [6.45, 7) is 1.56. The van der Waals surface area contributed by atoms with Gasteiger partial charge in [0.05, 0.1) is 39.3 Å². The molecule has 3 aromatic carbocycles. The summed E-state index contributed by atoms with van der Waals surface area (Å²) in [6, 6.07) is 12.1. The van der Waals surface area contributed by atoms with E-state index in [0.29, 0.717) is 28.0 Å². The number of benzene rings is 3. The zero-order valence-electron chi connectivity index (χ0n) is 18.4. The van der Waals surface area contributed by atoms with Crippen LogP contribution in [0.3, 0.4) is 0 Å². The minimum absolute atomic E-state index is 0.0887. The van der Waals surface area contributed by atoms with E-state index < -0.39 is 27.0 Å². The number of halogens is 1. The fraction of sp³-hybridized carbons (Fsp3) is 0.0870. The lowest BCUT2D eigenvalue weighted by Crippen LogP contribution is -2.29. The summed E-state index contributed by atoms with van der Waals surface area (Å²) in [7, 11) is -2.66. The minimum Gasteiger partial charge on any atom is -0.496 e. The Morgan fingerprint density at radius 1 is 1.00 bits per heavy atom. The van der Waals surface area contributed by atoms with Gasteiger partial charge in [-0.1, -0.05) is 23.7 Å². The molecule has 4 aromatic rings. The lowest BCUT2D eigenvalue weighted by atomic mass is 10.0. The standard InChI is InChI=1S/C23H19ClN4O6S/c1-11-7-17-18(27-23(31)22(30)26-17)10-20(11)35(32,33)28-13-4-5-14(16(24)9-13)12-3-6-19(34-2)15(8-12)21(25)29/h3-10,28H,1-2H3,(H2,25,29)(H,26,30)(H,27,31). The second-order valence-corrected chi connectivity index (χ2v) is 9.71. The van der Waals surface area contributed by atoms with Gasteiger partial charge in [-0.2, -0.15) is 0 Å². The number of anilines is 1. The Hall–Kier alpha value is -4.09. The number of nitrogens with one attached hydrogen (secondary N) is 3. The fourth-order valence-electron chi connectivity index (χ4n) is 3.63. The number of H-pyrrole nitrogens is 2. The third kappa shape index (κ3) is 4.63. The third-order valence-electron chi connectivity index (χ3n) is 5.30. The lowest BCUT2D eigenvalue weighted by molar-refractivity contribution is 0.0997. The number of aromatic amines is 2. The summed E-state index contributed by atoms with van der Waals surface area (Å²) >= 11 is 6.43. The van der Waals surface area contributed by atoms with Crippen molar-refractivity contribution in [2.75, 3.05) is 11.8 Å². The van der Waals surface area contributed by atoms with Crippen molar-refractivity contribution in [1.29, 1.82) is 0 Å². The monoisotopic (exact) mass is 514 g/mol. The molecule has 180 valence electrons. The number of fused-ring (bicyclic) bond motifs is 1. The van der Waals surface area contributed by atoms with Crippen molar-refractivity contribution in [3.63, 3.8) is 0 Å². The summed E-state index contributed by atoms with van der Waals surface area (Å²) in [5.41, 5.74) is 6.02. The van der Waals surface area contributed by atoms with Crippen molar-refractivity contribution in [3.8, 4) is 16.9 Å². The number of hydrogen-bond donors (Lipinski definition) is 4. The lowest BCUT2D eigenvalue weighted by Gasteiger charge is -2.14. The summed E-state index contributed by atoms with van der Waals surface area (Å²) in [6.07, 6.45) is 0. The number of carbonyl (C=O) groups excluding carboxylic acids is 1. The van der Waals surface area contributed by atoms with E-state index in [0.717, 1.165) is 0 Å². The van der Waals surface area contributed by atoms with Gasteiger partial charge >= 0.3 is 11.1 Å². The van der Waals surface area contributed by atoms with E-state index in [1.54, 1.807) is 25.1 Å². The SMILES string of the molecule is COc1ccc(-c2ccc(NS(=O)(=O)c3cc4[nH]c(=O)c(=O)[nH]c4cc3C)cc2Cl)cc1C(N)=O. The molecule has 0 aliphatic carbocycles. The molecule has 5 N–H and O–H groups in total. The molecule has 1 aromatic heterocycles. The summed E-state index contributed by atoms with van der Waals surface area (Å²) < 4.78 is 33.8. The van der Waals surface area contributed by atoms with E-state index in [4.69, 9.17) is 22.1 Å². The Morgan fingerprint density at radius 2 is 1.66 bits per heavy atom. The average Bonchev–Trinajstić information content (AvgIpc) is 2.79. The predicted molar refractivity (Wildman–Crippen MR) is 133 cm³/mol. The van der Waals surface area contributed by atoms with Crippen LogP contribution in [0, 0.1) is 6.92 Å². The second kappa shape index (κ2) is 8.93. The molecule has 4 rings (SSSR count). The van der Waals surface area contributed by atoms with Gasteiger partial charge in [0, 0.05) is 5.56 Å². The largest absolute Gasteiger partial charge is 0.496 e. The van der Waals surface area contributed by atoms with Crippen LogP contribution in [0.4, 0.5) is 5.69 Å². The Kier molecular flexibility index (Phi) is 6.14. The Bertz CT molecular complexity index is 1730. The van der Waals surface area contributed by atoms with Crippen molar-refractivity contribution in [2.24, 2.45) is 5.73 Å². The number of sulfonamides is 1. The highest BCUT2D eigenvalue weighted by atomic mass is 35.5. The number of nitrogens with two attached hydrogens (primary N) is 1. The molecule has 0 fully saturated rings. The molecule has 1 heterocycles. The number of methoxy groups -OCH3 is 1. The van der Waals surface area contributed by atoms with E-state index in [1.807, 2.05) is 0 Å². The van der Waals surface area contributed by atoms with Crippen molar-refractivity contribution >= 4 is 44.3 Å². The van der Waals surface area contributed by atoms with Crippen molar-refractivity contribution in [3.05, 3.63) is 85.4 Å². The smallest absolute Gasteiger partial charge is 0.314 e. The van der Waals surface area contributed by atoms with Crippen LogP contribution in [0.5, 0.6) is 5.75 Å². The highest BCUT2D eigenvalue weighted by Gasteiger charge is 2.20. The molecule has 0 atom stereocenters. The van der Waals surface area contributed by atoms with Crippen molar-refractivity contribution in [2.45, 2.75) is 11.8 Å². The third-order valence-corrected chi connectivity index (χ3v) is 7.14. The molecule has 0 radical (unpaired) electrons. The van der Waals surface area contributed by atoms with Gasteiger partial charge in [0.25, 0.3) is 15.9 Å². The van der Waals surface area contributed by atoms with Crippen LogP contribution in [0.15, 0.2) is 63.0 Å². The number of hydrogen-bond acceptors (Lipinski definition) is 6. The second-order valence-electron chi connectivity index (χ2n) is 7.65. The maximum absolute atomic E-state index is 13.1. The highest BCUT2D eigenvalue weighted by molar-refractivity contribution is 7.92. The Balaban J connectivity index is 1.69. The van der Waals surface area contributed by atoms with Gasteiger partial charge in [0.15, 0.2) is 0 Å². The predicted octanol–water partition coefficient (Wildman–Crippen LogP) is 2.75. The maximum Gasteiger partial charge on any atom is 0.314 e. The van der Waals surface area contributed by atoms with Gasteiger partial charge in [-0.3, -0.25) is 19.1 Å². The van der Waals surface area contributed by atoms with Crippen molar-refractivity contribution < 1.29 is 17.9 Å².